The van der Waals surface area contributed by atoms with Crippen LogP contribution in [-0.2, 0) is 6.42 Å². The minimum absolute atomic E-state index is 0.0547. The highest BCUT2D eigenvalue weighted by Gasteiger charge is 2.12. The van der Waals surface area contributed by atoms with Gasteiger partial charge < -0.3 is 5.32 Å². The molecule has 2 unspecified atom stereocenters. The van der Waals surface area contributed by atoms with Crippen LogP contribution < -0.4 is 5.32 Å². The summed E-state index contributed by atoms with van der Waals surface area (Å²) >= 11 is 11.6. The van der Waals surface area contributed by atoms with Crippen molar-refractivity contribution in [1.82, 2.24) is 5.32 Å². The van der Waals surface area contributed by atoms with Crippen LogP contribution in [0.3, 0.4) is 0 Å². The predicted molar refractivity (Wildman–Crippen MR) is 87.6 cm³/mol. The molecule has 0 saturated heterocycles. The molecular formula is C17H18Cl2FN. The summed E-state index contributed by atoms with van der Waals surface area (Å²) in [4.78, 5) is 0. The van der Waals surface area contributed by atoms with Gasteiger partial charge in [-0.1, -0.05) is 41.4 Å². The van der Waals surface area contributed by atoms with Gasteiger partial charge in [-0.05, 0) is 55.7 Å². The minimum atomic E-state index is -0.381. The smallest absolute Gasteiger partial charge is 0.142 e. The maximum Gasteiger partial charge on any atom is 0.142 e. The summed E-state index contributed by atoms with van der Waals surface area (Å²) < 4.78 is 13.5. The second kappa shape index (κ2) is 7.26. The fourth-order valence-electron chi connectivity index (χ4n) is 2.34. The zero-order valence-corrected chi connectivity index (χ0v) is 13.5. The van der Waals surface area contributed by atoms with Crippen LogP contribution in [0.5, 0.6) is 0 Å². The minimum Gasteiger partial charge on any atom is -0.307 e. The van der Waals surface area contributed by atoms with E-state index in [1.165, 1.54) is 11.6 Å². The van der Waals surface area contributed by atoms with Gasteiger partial charge in [-0.25, -0.2) is 4.39 Å². The lowest BCUT2D eigenvalue weighted by molar-refractivity contribution is 0.475. The van der Waals surface area contributed by atoms with E-state index in [4.69, 9.17) is 23.2 Å². The molecule has 4 heteroatoms. The van der Waals surface area contributed by atoms with Gasteiger partial charge in [0.25, 0.3) is 0 Å². The van der Waals surface area contributed by atoms with Gasteiger partial charge in [0, 0.05) is 17.1 Å². The third-order valence-electron chi connectivity index (χ3n) is 3.43. The largest absolute Gasteiger partial charge is 0.307 e. The van der Waals surface area contributed by atoms with E-state index in [-0.39, 0.29) is 22.9 Å². The van der Waals surface area contributed by atoms with E-state index in [9.17, 15) is 4.39 Å². The van der Waals surface area contributed by atoms with Crippen molar-refractivity contribution in [1.29, 1.82) is 0 Å². The van der Waals surface area contributed by atoms with Gasteiger partial charge >= 0.3 is 0 Å². The Morgan fingerprint density at radius 3 is 2.33 bits per heavy atom. The molecule has 2 aromatic carbocycles. The average Bonchev–Trinajstić information content (AvgIpc) is 2.44. The Morgan fingerprint density at radius 1 is 1.05 bits per heavy atom. The van der Waals surface area contributed by atoms with Crippen molar-refractivity contribution in [2.24, 2.45) is 0 Å². The van der Waals surface area contributed by atoms with Crippen LogP contribution in [-0.4, -0.2) is 6.04 Å². The van der Waals surface area contributed by atoms with E-state index < -0.39 is 0 Å². The van der Waals surface area contributed by atoms with E-state index in [0.29, 0.717) is 0 Å². The first-order valence-corrected chi connectivity index (χ1v) is 7.66. The van der Waals surface area contributed by atoms with Crippen molar-refractivity contribution in [2.75, 3.05) is 0 Å². The first kappa shape index (κ1) is 16.3. The lowest BCUT2D eigenvalue weighted by Gasteiger charge is -2.21. The molecule has 0 fully saturated rings. The van der Waals surface area contributed by atoms with Gasteiger partial charge in [0.15, 0.2) is 0 Å². The third-order valence-corrected chi connectivity index (χ3v) is 3.99. The van der Waals surface area contributed by atoms with Crippen LogP contribution >= 0.6 is 23.2 Å². The standard InChI is InChI=1S/C17H18Cl2FN/c1-11(9-13-3-6-15(18)7-4-13)21-12(2)14-5-8-16(19)17(20)10-14/h3-8,10-12,21H,9H2,1-2H3. The van der Waals surface area contributed by atoms with Crippen molar-refractivity contribution in [3.05, 3.63) is 69.5 Å². The number of benzene rings is 2. The summed E-state index contributed by atoms with van der Waals surface area (Å²) in [5, 5.41) is 4.36. The normalized spacial score (nSPS) is 14.0. The molecule has 0 aliphatic heterocycles. The van der Waals surface area contributed by atoms with E-state index in [2.05, 4.69) is 12.2 Å². The van der Waals surface area contributed by atoms with Gasteiger partial charge in [-0.15, -0.1) is 0 Å². The number of hydrogen-bond acceptors (Lipinski definition) is 1. The SMILES string of the molecule is CC(Cc1ccc(Cl)cc1)NC(C)c1ccc(Cl)c(F)c1. The molecular weight excluding hydrogens is 308 g/mol. The number of rotatable bonds is 5. The molecule has 2 atom stereocenters. The topological polar surface area (TPSA) is 12.0 Å². The lowest BCUT2D eigenvalue weighted by atomic mass is 10.0. The molecule has 0 aliphatic carbocycles. The Kier molecular flexibility index (Phi) is 5.63. The molecule has 2 aromatic rings. The van der Waals surface area contributed by atoms with Crippen LogP contribution in [0.4, 0.5) is 4.39 Å². The molecule has 0 spiro atoms. The number of nitrogens with one attached hydrogen (secondary N) is 1. The highest BCUT2D eigenvalue weighted by atomic mass is 35.5. The fraction of sp³-hybridized carbons (Fsp3) is 0.294. The summed E-state index contributed by atoms with van der Waals surface area (Å²) in [6, 6.07) is 13.1. The van der Waals surface area contributed by atoms with E-state index >= 15 is 0 Å². The summed E-state index contributed by atoms with van der Waals surface area (Å²) in [5.41, 5.74) is 2.11. The maximum absolute atomic E-state index is 13.5. The first-order chi connectivity index (χ1) is 9.95. The quantitative estimate of drug-likeness (QED) is 0.774. The summed E-state index contributed by atoms with van der Waals surface area (Å²) in [6.45, 7) is 4.12. The van der Waals surface area contributed by atoms with E-state index in [0.717, 1.165) is 17.0 Å². The van der Waals surface area contributed by atoms with E-state index in [1.807, 2.05) is 37.3 Å². The average molecular weight is 326 g/mol. The van der Waals surface area contributed by atoms with Gasteiger partial charge in [-0.2, -0.15) is 0 Å². The summed E-state index contributed by atoms with van der Waals surface area (Å²) in [7, 11) is 0. The molecule has 0 radical (unpaired) electrons. The van der Waals surface area contributed by atoms with Crippen LogP contribution in [0, 0.1) is 5.82 Å². The fourth-order valence-corrected chi connectivity index (χ4v) is 2.58. The van der Waals surface area contributed by atoms with Crippen LogP contribution in [0.2, 0.25) is 10.0 Å². The van der Waals surface area contributed by atoms with Crippen molar-refractivity contribution >= 4 is 23.2 Å². The Hall–Kier alpha value is -1.09. The predicted octanol–water partition coefficient (Wildman–Crippen LogP) is 5.41. The van der Waals surface area contributed by atoms with E-state index in [1.54, 1.807) is 6.07 Å². The molecule has 21 heavy (non-hydrogen) atoms. The van der Waals surface area contributed by atoms with Crippen molar-refractivity contribution < 1.29 is 4.39 Å². The van der Waals surface area contributed by atoms with Crippen LogP contribution in [0.15, 0.2) is 42.5 Å². The molecule has 0 aromatic heterocycles. The highest BCUT2D eigenvalue weighted by molar-refractivity contribution is 6.30. The Labute approximate surface area is 135 Å². The van der Waals surface area contributed by atoms with Gasteiger partial charge in [0.1, 0.15) is 5.82 Å². The lowest BCUT2D eigenvalue weighted by Crippen LogP contribution is -2.30. The van der Waals surface area contributed by atoms with Gasteiger partial charge in [-0.3, -0.25) is 0 Å². The number of halogens is 3. The Bertz CT molecular complexity index is 598. The molecule has 0 bridgehead atoms. The molecule has 0 saturated carbocycles. The monoisotopic (exact) mass is 325 g/mol. The summed E-state index contributed by atoms with van der Waals surface area (Å²) in [5.74, 6) is -0.381. The van der Waals surface area contributed by atoms with Crippen molar-refractivity contribution in [2.45, 2.75) is 32.4 Å². The highest BCUT2D eigenvalue weighted by Crippen LogP contribution is 2.21. The molecule has 0 heterocycles. The molecule has 0 amide bonds. The first-order valence-electron chi connectivity index (χ1n) is 6.91. The Balaban J connectivity index is 1.96. The van der Waals surface area contributed by atoms with Gasteiger partial charge in [0.2, 0.25) is 0 Å². The molecule has 0 aliphatic rings. The molecule has 1 nitrogen and oxygen atoms in total. The van der Waals surface area contributed by atoms with Crippen molar-refractivity contribution in [3.8, 4) is 0 Å². The molecule has 112 valence electrons. The van der Waals surface area contributed by atoms with Crippen LogP contribution in [0.1, 0.15) is 31.0 Å². The van der Waals surface area contributed by atoms with Gasteiger partial charge in [0.05, 0.1) is 5.02 Å². The van der Waals surface area contributed by atoms with Crippen LogP contribution in [0.25, 0.3) is 0 Å². The van der Waals surface area contributed by atoms with Crippen molar-refractivity contribution in [3.63, 3.8) is 0 Å². The zero-order chi connectivity index (χ0) is 15.4. The Morgan fingerprint density at radius 2 is 1.71 bits per heavy atom. The molecule has 2 rings (SSSR count). The zero-order valence-electron chi connectivity index (χ0n) is 12.0. The maximum atomic E-state index is 13.5. The third kappa shape index (κ3) is 4.70. The second-order valence-electron chi connectivity index (χ2n) is 5.29. The summed E-state index contributed by atoms with van der Waals surface area (Å²) in [6.07, 6.45) is 0.886. The molecule has 1 N–H and O–H groups in total. The number of hydrogen-bond donors (Lipinski definition) is 1. The second-order valence-corrected chi connectivity index (χ2v) is 6.14.